The maximum absolute atomic E-state index is 9.97. The van der Waals surface area contributed by atoms with E-state index in [0.29, 0.717) is 28.5 Å². The molecule has 3 N–H and O–H groups in total. The van der Waals surface area contributed by atoms with Crippen molar-refractivity contribution in [1.82, 2.24) is 10.2 Å². The highest BCUT2D eigenvalue weighted by atomic mass is 16.5. The van der Waals surface area contributed by atoms with Gasteiger partial charge in [-0.3, -0.25) is 5.10 Å². The van der Waals surface area contributed by atoms with Crippen LogP contribution < -0.4 is 9.47 Å². The lowest BCUT2D eigenvalue weighted by molar-refractivity contribution is 0.379. The van der Waals surface area contributed by atoms with E-state index >= 15 is 0 Å². The van der Waals surface area contributed by atoms with Crippen LogP contribution in [-0.4, -0.2) is 27.5 Å². The van der Waals surface area contributed by atoms with Gasteiger partial charge in [-0.05, 0) is 24.3 Å². The number of aromatic hydroxyl groups is 2. The molecule has 1 heterocycles. The van der Waals surface area contributed by atoms with Crippen LogP contribution in [0.2, 0.25) is 0 Å². The molecule has 112 valence electrons. The minimum Gasteiger partial charge on any atom is -0.508 e. The van der Waals surface area contributed by atoms with Crippen molar-refractivity contribution in [3.63, 3.8) is 0 Å². The zero-order valence-electron chi connectivity index (χ0n) is 11.8. The Kier molecular flexibility index (Phi) is 3.57. The van der Waals surface area contributed by atoms with Gasteiger partial charge in [-0.1, -0.05) is 12.1 Å². The van der Waals surface area contributed by atoms with Crippen LogP contribution in [-0.2, 0) is 0 Å². The highest BCUT2D eigenvalue weighted by Crippen LogP contribution is 2.39. The monoisotopic (exact) mass is 298 g/mol. The van der Waals surface area contributed by atoms with Crippen LogP contribution in [0.4, 0.5) is 0 Å². The lowest BCUT2D eigenvalue weighted by Crippen LogP contribution is -1.90. The van der Waals surface area contributed by atoms with Crippen LogP contribution >= 0.6 is 0 Å². The van der Waals surface area contributed by atoms with Crippen molar-refractivity contribution in [2.24, 2.45) is 0 Å². The van der Waals surface area contributed by atoms with Crippen molar-refractivity contribution in [2.75, 3.05) is 7.11 Å². The molecule has 0 saturated carbocycles. The molecule has 0 aliphatic rings. The van der Waals surface area contributed by atoms with Gasteiger partial charge in [-0.25, -0.2) is 0 Å². The number of ether oxygens (including phenoxy) is 2. The van der Waals surface area contributed by atoms with Gasteiger partial charge < -0.3 is 19.7 Å². The SMILES string of the molecule is COc1ccccc1Oc1cn[nH]c1-c1ccc(O)cc1O. The van der Waals surface area contributed by atoms with Gasteiger partial charge in [-0.2, -0.15) is 5.10 Å². The molecule has 2 aromatic carbocycles. The Labute approximate surface area is 126 Å². The van der Waals surface area contributed by atoms with Crippen LogP contribution in [0.1, 0.15) is 0 Å². The van der Waals surface area contributed by atoms with E-state index in [9.17, 15) is 10.2 Å². The summed E-state index contributed by atoms with van der Waals surface area (Å²) in [6.45, 7) is 0. The second kappa shape index (κ2) is 5.69. The molecule has 0 saturated heterocycles. The molecule has 0 atom stereocenters. The fraction of sp³-hybridized carbons (Fsp3) is 0.0625. The Balaban J connectivity index is 1.99. The Morgan fingerprint density at radius 2 is 1.77 bits per heavy atom. The number of aromatic amines is 1. The van der Waals surface area contributed by atoms with Gasteiger partial charge in [0.1, 0.15) is 17.2 Å². The number of nitrogens with one attached hydrogen (secondary N) is 1. The number of para-hydroxylation sites is 2. The first kappa shape index (κ1) is 13.8. The summed E-state index contributed by atoms with van der Waals surface area (Å²) in [5.74, 6) is 1.46. The van der Waals surface area contributed by atoms with Crippen molar-refractivity contribution >= 4 is 0 Å². The first-order valence-corrected chi connectivity index (χ1v) is 6.55. The van der Waals surface area contributed by atoms with Crippen molar-refractivity contribution in [3.8, 4) is 40.0 Å². The third-order valence-electron chi connectivity index (χ3n) is 3.14. The highest BCUT2D eigenvalue weighted by Gasteiger charge is 2.15. The molecule has 0 unspecified atom stereocenters. The van der Waals surface area contributed by atoms with Crippen molar-refractivity contribution in [3.05, 3.63) is 48.7 Å². The van der Waals surface area contributed by atoms with Crippen molar-refractivity contribution in [1.29, 1.82) is 0 Å². The summed E-state index contributed by atoms with van der Waals surface area (Å²) in [6.07, 6.45) is 1.51. The number of H-pyrrole nitrogens is 1. The fourth-order valence-corrected chi connectivity index (χ4v) is 2.10. The summed E-state index contributed by atoms with van der Waals surface area (Å²) in [7, 11) is 1.56. The van der Waals surface area contributed by atoms with Crippen LogP contribution in [0.3, 0.4) is 0 Å². The first-order valence-electron chi connectivity index (χ1n) is 6.55. The van der Waals surface area contributed by atoms with Gasteiger partial charge in [0.2, 0.25) is 0 Å². The number of benzene rings is 2. The number of aromatic nitrogens is 2. The molecule has 0 aliphatic heterocycles. The molecular weight excluding hydrogens is 284 g/mol. The number of nitrogens with zero attached hydrogens (tertiary/aromatic N) is 1. The molecule has 0 radical (unpaired) electrons. The smallest absolute Gasteiger partial charge is 0.173 e. The highest BCUT2D eigenvalue weighted by molar-refractivity contribution is 5.73. The Morgan fingerprint density at radius 3 is 2.50 bits per heavy atom. The molecule has 6 heteroatoms. The second-order valence-electron chi connectivity index (χ2n) is 4.56. The lowest BCUT2D eigenvalue weighted by Gasteiger charge is -2.10. The molecule has 0 amide bonds. The maximum atomic E-state index is 9.97. The third-order valence-corrected chi connectivity index (χ3v) is 3.14. The largest absolute Gasteiger partial charge is 0.508 e. The third kappa shape index (κ3) is 2.54. The fourth-order valence-electron chi connectivity index (χ4n) is 2.10. The quantitative estimate of drug-likeness (QED) is 0.688. The molecule has 0 aliphatic carbocycles. The van der Waals surface area contributed by atoms with Gasteiger partial charge in [-0.15, -0.1) is 0 Å². The molecule has 3 aromatic rings. The van der Waals surface area contributed by atoms with Crippen molar-refractivity contribution < 1.29 is 19.7 Å². The number of hydrogen-bond acceptors (Lipinski definition) is 5. The molecule has 22 heavy (non-hydrogen) atoms. The molecule has 3 rings (SSSR count). The average Bonchev–Trinajstić information content (AvgIpc) is 2.96. The summed E-state index contributed by atoms with van der Waals surface area (Å²) in [6, 6.07) is 11.5. The number of hydrogen-bond donors (Lipinski definition) is 3. The van der Waals surface area contributed by atoms with E-state index in [1.165, 1.54) is 18.3 Å². The van der Waals surface area contributed by atoms with Crippen LogP contribution in [0.15, 0.2) is 48.7 Å². The van der Waals surface area contributed by atoms with E-state index in [-0.39, 0.29) is 11.5 Å². The summed E-state index contributed by atoms with van der Waals surface area (Å²) in [5.41, 5.74) is 0.976. The number of methoxy groups -OCH3 is 1. The molecule has 1 aromatic heterocycles. The van der Waals surface area contributed by atoms with E-state index in [2.05, 4.69) is 10.2 Å². The standard InChI is InChI=1S/C16H14N2O4/c1-21-13-4-2-3-5-14(13)22-15-9-17-18-16(15)11-7-6-10(19)8-12(11)20/h2-9,19-20H,1H3,(H,17,18). The minimum atomic E-state index is -0.0749. The normalized spacial score (nSPS) is 10.4. The van der Waals surface area contributed by atoms with Gasteiger partial charge in [0, 0.05) is 11.6 Å². The lowest BCUT2D eigenvalue weighted by atomic mass is 10.1. The van der Waals surface area contributed by atoms with E-state index in [1.807, 2.05) is 12.1 Å². The average molecular weight is 298 g/mol. The summed E-state index contributed by atoms with van der Waals surface area (Å²) in [5, 5.41) is 26.1. The number of phenolic OH excluding ortho intramolecular Hbond substituents is 2. The zero-order chi connectivity index (χ0) is 15.5. The van der Waals surface area contributed by atoms with E-state index in [1.54, 1.807) is 25.3 Å². The van der Waals surface area contributed by atoms with Gasteiger partial charge in [0.15, 0.2) is 17.2 Å². The van der Waals surface area contributed by atoms with E-state index in [0.717, 1.165) is 0 Å². The molecular formula is C16H14N2O4. The predicted octanol–water partition coefficient (Wildman–Crippen LogP) is 3.29. The zero-order valence-corrected chi connectivity index (χ0v) is 11.8. The summed E-state index contributed by atoms with van der Waals surface area (Å²) in [4.78, 5) is 0. The van der Waals surface area contributed by atoms with Crippen LogP contribution in [0.25, 0.3) is 11.3 Å². The molecule has 6 nitrogen and oxygen atoms in total. The van der Waals surface area contributed by atoms with E-state index in [4.69, 9.17) is 9.47 Å². The summed E-state index contributed by atoms with van der Waals surface area (Å²) < 4.78 is 11.1. The second-order valence-corrected chi connectivity index (χ2v) is 4.56. The first-order chi connectivity index (χ1) is 10.7. The topological polar surface area (TPSA) is 87.6 Å². The van der Waals surface area contributed by atoms with Gasteiger partial charge in [0.05, 0.1) is 13.3 Å². The van der Waals surface area contributed by atoms with Crippen LogP contribution in [0.5, 0.6) is 28.7 Å². The Bertz CT molecular complexity index is 798. The van der Waals surface area contributed by atoms with E-state index < -0.39 is 0 Å². The molecule has 0 bridgehead atoms. The number of rotatable bonds is 4. The van der Waals surface area contributed by atoms with Gasteiger partial charge >= 0.3 is 0 Å². The molecule has 0 spiro atoms. The Morgan fingerprint density at radius 1 is 1.00 bits per heavy atom. The minimum absolute atomic E-state index is 0.0204. The molecule has 0 fully saturated rings. The van der Waals surface area contributed by atoms with Crippen molar-refractivity contribution in [2.45, 2.75) is 0 Å². The maximum Gasteiger partial charge on any atom is 0.173 e. The predicted molar refractivity (Wildman–Crippen MR) is 80.4 cm³/mol. The number of phenols is 2. The Hall–Kier alpha value is -3.15. The van der Waals surface area contributed by atoms with Gasteiger partial charge in [0.25, 0.3) is 0 Å². The summed E-state index contributed by atoms with van der Waals surface area (Å²) >= 11 is 0. The van der Waals surface area contributed by atoms with Crippen LogP contribution in [0, 0.1) is 0 Å².